The van der Waals surface area contributed by atoms with Crippen LogP contribution in [-0.2, 0) is 12.8 Å². The first-order valence-corrected chi connectivity index (χ1v) is 17.4. The number of aryl methyl sites for hydroxylation is 2. The van der Waals surface area contributed by atoms with Gasteiger partial charge >= 0.3 is 0 Å². The molecule has 190 valence electrons. The van der Waals surface area contributed by atoms with Crippen molar-refractivity contribution < 1.29 is 0 Å². The molecule has 4 aromatic rings. The number of hydrogen-bond donors (Lipinski definition) is 0. The summed E-state index contributed by atoms with van der Waals surface area (Å²) >= 11 is 11.3. The smallest absolute Gasteiger partial charge is 0.0542 e. The average Bonchev–Trinajstić information content (AvgIpc) is 3.40. The molecule has 0 amide bonds. The number of halogens is 2. The minimum Gasteiger partial charge on any atom is -0.134 e. The van der Waals surface area contributed by atoms with E-state index in [0.717, 1.165) is 5.33 Å². The molecule has 0 bridgehead atoms. The molecule has 0 aliphatic rings. The molecule has 35 heavy (non-hydrogen) atoms. The predicted octanol–water partition coefficient (Wildman–Crippen LogP) is 12.2. The van der Waals surface area contributed by atoms with Crippen LogP contribution in [0.15, 0.2) is 36.4 Å². The van der Waals surface area contributed by atoms with Gasteiger partial charge in [0.05, 0.1) is 9.40 Å². The first-order valence-electron chi connectivity index (χ1n) is 13.8. The molecule has 0 nitrogen and oxygen atoms in total. The van der Waals surface area contributed by atoms with Crippen LogP contribution in [0.25, 0.3) is 29.6 Å². The Morgan fingerprint density at radius 3 is 1.66 bits per heavy atom. The summed E-state index contributed by atoms with van der Waals surface area (Å²) in [4.78, 5) is 0.649. The average molecular weight is 637 g/mol. The van der Waals surface area contributed by atoms with Gasteiger partial charge in [-0.05, 0) is 55.4 Å². The molecule has 2 aromatic heterocycles. The van der Waals surface area contributed by atoms with Crippen molar-refractivity contribution in [3.05, 3.63) is 47.5 Å². The molecule has 4 heteroatoms. The fraction of sp³-hybridized carbons (Fsp3) is 0.548. The van der Waals surface area contributed by atoms with Crippen LogP contribution in [0.5, 0.6) is 0 Å². The van der Waals surface area contributed by atoms with E-state index in [-0.39, 0.29) is 0 Å². The third-order valence-electron chi connectivity index (χ3n) is 7.18. The van der Waals surface area contributed by atoms with Crippen molar-refractivity contribution in [1.82, 2.24) is 0 Å². The second-order valence-corrected chi connectivity index (χ2v) is 14.1. The molecule has 1 atom stereocenters. The minimum absolute atomic E-state index is 0.649. The number of hydrogen-bond acceptors (Lipinski definition) is 2. The molecule has 0 saturated carbocycles. The molecule has 0 saturated heterocycles. The highest BCUT2D eigenvalue weighted by molar-refractivity contribution is 9.12. The van der Waals surface area contributed by atoms with Crippen LogP contribution in [0.1, 0.15) is 95.1 Å². The number of rotatable bonds is 16. The molecule has 0 aliphatic carbocycles. The van der Waals surface area contributed by atoms with E-state index in [4.69, 9.17) is 0 Å². The van der Waals surface area contributed by atoms with E-state index in [1.807, 2.05) is 22.7 Å². The Kier molecular flexibility index (Phi) is 11.4. The molecular weight excluding hydrogens is 596 g/mol. The van der Waals surface area contributed by atoms with E-state index >= 15 is 0 Å². The fourth-order valence-electron chi connectivity index (χ4n) is 5.07. The van der Waals surface area contributed by atoms with E-state index < -0.39 is 0 Å². The van der Waals surface area contributed by atoms with E-state index in [1.54, 1.807) is 0 Å². The second-order valence-electron chi connectivity index (χ2n) is 10.1. The molecule has 0 radical (unpaired) electrons. The molecule has 1 unspecified atom stereocenters. The zero-order valence-corrected chi connectivity index (χ0v) is 26.0. The third-order valence-corrected chi connectivity index (χ3v) is 12.1. The molecule has 4 rings (SSSR count). The van der Waals surface area contributed by atoms with Gasteiger partial charge in [0, 0.05) is 30.3 Å². The maximum absolute atomic E-state index is 3.70. The van der Waals surface area contributed by atoms with Crippen LogP contribution in [0, 0.1) is 0 Å². The summed E-state index contributed by atoms with van der Waals surface area (Å²) in [7, 11) is 0. The van der Waals surface area contributed by atoms with Crippen molar-refractivity contribution in [3.8, 4) is 0 Å². The maximum atomic E-state index is 3.70. The number of fused-ring (bicyclic) bond motifs is 5. The van der Waals surface area contributed by atoms with Gasteiger partial charge < -0.3 is 0 Å². The highest BCUT2D eigenvalue weighted by atomic mass is 79.9. The second kappa shape index (κ2) is 14.5. The Balaban J connectivity index is 1.27. The number of alkyl halides is 2. The summed E-state index contributed by atoms with van der Waals surface area (Å²) in [5.74, 6) is 0. The number of thiophene rings is 2. The largest absolute Gasteiger partial charge is 0.134 e. The Hall–Kier alpha value is -0.420. The molecule has 0 spiro atoms. The van der Waals surface area contributed by atoms with E-state index in [2.05, 4.69) is 75.2 Å². The first-order chi connectivity index (χ1) is 17.2. The van der Waals surface area contributed by atoms with Gasteiger partial charge in [0.2, 0.25) is 0 Å². The Bertz CT molecular complexity index is 1190. The van der Waals surface area contributed by atoms with Crippen molar-refractivity contribution in [1.29, 1.82) is 0 Å². The standard InChI is InChI=1S/C31H40Br2S2/c1-2-3-4-10-13-23-16-18-26-28(20-23)34-31-27-19-17-24(21-29(27)35-30(26)31)14-11-8-6-5-7-9-12-15-25(33)22-32/h16-21,25H,2-15,22H2,1H3. The zero-order valence-electron chi connectivity index (χ0n) is 21.2. The van der Waals surface area contributed by atoms with Crippen LogP contribution in [-0.4, -0.2) is 10.2 Å². The summed E-state index contributed by atoms with van der Waals surface area (Å²) in [6.07, 6.45) is 18.7. The van der Waals surface area contributed by atoms with E-state index in [0.29, 0.717) is 4.83 Å². The minimum atomic E-state index is 0.649. The Labute approximate surface area is 237 Å². The van der Waals surface area contributed by atoms with Crippen LogP contribution in [0.4, 0.5) is 0 Å². The molecule has 0 fully saturated rings. The summed E-state index contributed by atoms with van der Waals surface area (Å²) in [6.45, 7) is 2.29. The maximum Gasteiger partial charge on any atom is 0.0542 e. The van der Waals surface area contributed by atoms with Crippen molar-refractivity contribution in [2.45, 2.75) is 102 Å². The molecular formula is C31H40Br2S2. The fourth-order valence-corrected chi connectivity index (χ4v) is 8.50. The van der Waals surface area contributed by atoms with Crippen LogP contribution < -0.4 is 0 Å². The summed E-state index contributed by atoms with van der Waals surface area (Å²) in [5, 5.41) is 3.99. The van der Waals surface area contributed by atoms with Gasteiger partial charge in [0.15, 0.2) is 0 Å². The predicted molar refractivity (Wildman–Crippen MR) is 170 cm³/mol. The highest BCUT2D eigenvalue weighted by Gasteiger charge is 2.13. The van der Waals surface area contributed by atoms with E-state index in [9.17, 15) is 0 Å². The van der Waals surface area contributed by atoms with Crippen LogP contribution in [0.3, 0.4) is 0 Å². The van der Waals surface area contributed by atoms with Crippen LogP contribution >= 0.6 is 54.5 Å². The molecule has 0 aliphatic heterocycles. The van der Waals surface area contributed by atoms with Gasteiger partial charge in [0.1, 0.15) is 0 Å². The molecule has 0 N–H and O–H groups in total. The lowest BCUT2D eigenvalue weighted by atomic mass is 10.0. The molecule has 2 heterocycles. The topological polar surface area (TPSA) is 0 Å². The normalized spacial score (nSPS) is 12.9. The summed E-state index contributed by atoms with van der Waals surface area (Å²) in [5.41, 5.74) is 3.03. The summed E-state index contributed by atoms with van der Waals surface area (Å²) < 4.78 is 5.94. The monoisotopic (exact) mass is 634 g/mol. The number of unbranched alkanes of at least 4 members (excludes halogenated alkanes) is 9. The SMILES string of the molecule is CCCCCCc1ccc2c(c1)sc1c3ccc(CCCCCCCCCC(Br)CBr)cc3sc21. The van der Waals surface area contributed by atoms with Gasteiger partial charge in [0.25, 0.3) is 0 Å². The lowest BCUT2D eigenvalue weighted by Crippen LogP contribution is -1.97. The lowest BCUT2D eigenvalue weighted by Gasteiger charge is -2.05. The van der Waals surface area contributed by atoms with Crippen LogP contribution in [0.2, 0.25) is 0 Å². The van der Waals surface area contributed by atoms with Gasteiger partial charge in [-0.25, -0.2) is 0 Å². The van der Waals surface area contributed by atoms with Crippen molar-refractivity contribution in [3.63, 3.8) is 0 Å². The van der Waals surface area contributed by atoms with Gasteiger partial charge in [-0.3, -0.25) is 0 Å². The van der Waals surface area contributed by atoms with Crippen molar-refractivity contribution in [2.24, 2.45) is 0 Å². The number of benzene rings is 2. The Morgan fingerprint density at radius 2 is 1.14 bits per heavy atom. The Morgan fingerprint density at radius 1 is 0.657 bits per heavy atom. The van der Waals surface area contributed by atoms with Crippen molar-refractivity contribution in [2.75, 3.05) is 5.33 Å². The van der Waals surface area contributed by atoms with Gasteiger partial charge in [-0.15, -0.1) is 22.7 Å². The first kappa shape index (κ1) is 27.6. The van der Waals surface area contributed by atoms with Gasteiger partial charge in [-0.1, -0.05) is 121 Å². The molecule has 2 aromatic carbocycles. The van der Waals surface area contributed by atoms with Crippen molar-refractivity contribution >= 4 is 84.1 Å². The highest BCUT2D eigenvalue weighted by Crippen LogP contribution is 2.44. The quantitative estimate of drug-likeness (QED) is 0.0848. The van der Waals surface area contributed by atoms with Gasteiger partial charge in [-0.2, -0.15) is 0 Å². The lowest BCUT2D eigenvalue weighted by molar-refractivity contribution is 0.569. The zero-order chi connectivity index (χ0) is 24.5. The third kappa shape index (κ3) is 7.79. The summed E-state index contributed by atoms with van der Waals surface area (Å²) in [6, 6.07) is 14.5. The van der Waals surface area contributed by atoms with E-state index in [1.165, 1.54) is 131 Å².